The molecule has 0 atom stereocenters. The van der Waals surface area contributed by atoms with Crippen molar-refractivity contribution in [3.8, 4) is 10.6 Å². The third-order valence-electron chi connectivity index (χ3n) is 5.21. The average Bonchev–Trinajstić information content (AvgIpc) is 3.23. The number of fused-ring (bicyclic) bond motifs is 1. The largest absolute Gasteiger partial charge is 0.353 e. The van der Waals surface area contributed by atoms with Crippen LogP contribution in [-0.4, -0.2) is 46.0 Å². The zero-order valence-corrected chi connectivity index (χ0v) is 17.4. The molecule has 146 valence electrons. The van der Waals surface area contributed by atoms with E-state index in [0.29, 0.717) is 5.02 Å². The summed E-state index contributed by atoms with van der Waals surface area (Å²) in [5, 5.41) is 5.02. The van der Waals surface area contributed by atoms with Gasteiger partial charge in [0.15, 0.2) is 0 Å². The summed E-state index contributed by atoms with van der Waals surface area (Å²) in [5.41, 5.74) is 3.22. The van der Waals surface area contributed by atoms with Gasteiger partial charge in [0.2, 0.25) is 0 Å². The molecular weight excluding hydrogens is 402 g/mol. The Kier molecular flexibility index (Phi) is 5.14. The Morgan fingerprint density at radius 2 is 1.79 bits per heavy atom. The molecule has 4 aromatic rings. The minimum absolute atomic E-state index is 0.699. The highest BCUT2D eigenvalue weighted by Crippen LogP contribution is 2.27. The summed E-state index contributed by atoms with van der Waals surface area (Å²) < 4.78 is 0. The Morgan fingerprint density at radius 3 is 2.62 bits per heavy atom. The van der Waals surface area contributed by atoms with E-state index in [-0.39, 0.29) is 0 Å². The van der Waals surface area contributed by atoms with E-state index in [4.69, 9.17) is 16.6 Å². The molecule has 1 fully saturated rings. The van der Waals surface area contributed by atoms with Crippen LogP contribution >= 0.6 is 22.9 Å². The van der Waals surface area contributed by atoms with Gasteiger partial charge in [0.1, 0.15) is 17.2 Å². The van der Waals surface area contributed by atoms with Gasteiger partial charge in [-0.1, -0.05) is 41.9 Å². The molecular formula is C22H20ClN5S. The lowest BCUT2D eigenvalue weighted by Crippen LogP contribution is -2.46. The van der Waals surface area contributed by atoms with Gasteiger partial charge in [-0.25, -0.2) is 15.0 Å². The van der Waals surface area contributed by atoms with Crippen LogP contribution in [-0.2, 0) is 6.54 Å². The van der Waals surface area contributed by atoms with Crippen LogP contribution in [0.5, 0.6) is 0 Å². The van der Waals surface area contributed by atoms with Gasteiger partial charge in [0.25, 0.3) is 0 Å². The van der Waals surface area contributed by atoms with Crippen LogP contribution in [0, 0.1) is 0 Å². The average molecular weight is 422 g/mol. The first-order chi connectivity index (χ1) is 14.3. The van der Waals surface area contributed by atoms with Gasteiger partial charge < -0.3 is 4.90 Å². The van der Waals surface area contributed by atoms with Gasteiger partial charge >= 0.3 is 0 Å². The summed E-state index contributed by atoms with van der Waals surface area (Å²) in [6.07, 6.45) is 1.63. The number of piperazine rings is 1. The SMILES string of the molecule is Clc1ccc2c(N3CCN(Cc4csc(-c5ccccc5)n4)CC3)ncnc2c1. The minimum Gasteiger partial charge on any atom is -0.353 e. The fraction of sp³-hybridized carbons (Fsp3) is 0.227. The highest BCUT2D eigenvalue weighted by Gasteiger charge is 2.21. The molecule has 29 heavy (non-hydrogen) atoms. The molecule has 0 bridgehead atoms. The molecule has 0 N–H and O–H groups in total. The van der Waals surface area contributed by atoms with Crippen LogP contribution in [0.15, 0.2) is 60.2 Å². The summed E-state index contributed by atoms with van der Waals surface area (Å²) in [6, 6.07) is 16.2. The molecule has 5 rings (SSSR count). The van der Waals surface area contributed by atoms with Crippen LogP contribution in [0.25, 0.3) is 21.5 Å². The van der Waals surface area contributed by atoms with Crippen molar-refractivity contribution >= 4 is 39.7 Å². The summed E-state index contributed by atoms with van der Waals surface area (Å²) in [6.45, 7) is 4.72. The molecule has 0 radical (unpaired) electrons. The molecule has 3 heterocycles. The van der Waals surface area contributed by atoms with Crippen molar-refractivity contribution in [3.05, 3.63) is 71.0 Å². The second-order valence-electron chi connectivity index (χ2n) is 7.13. The van der Waals surface area contributed by atoms with Crippen molar-refractivity contribution in [1.82, 2.24) is 19.9 Å². The maximum atomic E-state index is 6.11. The third-order valence-corrected chi connectivity index (χ3v) is 6.38. The zero-order valence-electron chi connectivity index (χ0n) is 15.8. The van der Waals surface area contributed by atoms with E-state index in [1.54, 1.807) is 17.7 Å². The molecule has 2 aromatic carbocycles. The number of hydrogen-bond acceptors (Lipinski definition) is 6. The van der Waals surface area contributed by atoms with Crippen molar-refractivity contribution in [2.24, 2.45) is 0 Å². The van der Waals surface area contributed by atoms with Gasteiger partial charge in [-0.3, -0.25) is 4.90 Å². The summed E-state index contributed by atoms with van der Waals surface area (Å²) >= 11 is 7.82. The van der Waals surface area contributed by atoms with Gasteiger partial charge in [0, 0.05) is 54.1 Å². The van der Waals surface area contributed by atoms with Crippen LogP contribution in [0.1, 0.15) is 5.69 Å². The summed E-state index contributed by atoms with van der Waals surface area (Å²) in [4.78, 5) is 18.5. The summed E-state index contributed by atoms with van der Waals surface area (Å²) in [5.74, 6) is 0.992. The van der Waals surface area contributed by atoms with E-state index in [1.807, 2.05) is 24.3 Å². The first-order valence-electron chi connectivity index (χ1n) is 9.64. The Balaban J connectivity index is 1.25. The topological polar surface area (TPSA) is 45.2 Å². The number of anilines is 1. The molecule has 0 unspecified atom stereocenters. The molecule has 1 aliphatic heterocycles. The smallest absolute Gasteiger partial charge is 0.139 e. The zero-order chi connectivity index (χ0) is 19.6. The van der Waals surface area contributed by atoms with Crippen molar-refractivity contribution in [2.75, 3.05) is 31.1 Å². The lowest BCUT2D eigenvalue weighted by atomic mass is 10.2. The molecule has 5 nitrogen and oxygen atoms in total. The number of aromatic nitrogens is 3. The monoisotopic (exact) mass is 421 g/mol. The fourth-order valence-corrected chi connectivity index (χ4v) is 4.69. The number of hydrogen-bond donors (Lipinski definition) is 0. The second kappa shape index (κ2) is 8.06. The molecule has 0 spiro atoms. The van der Waals surface area contributed by atoms with Crippen molar-refractivity contribution in [2.45, 2.75) is 6.54 Å². The lowest BCUT2D eigenvalue weighted by molar-refractivity contribution is 0.247. The Hall–Kier alpha value is -2.54. The highest BCUT2D eigenvalue weighted by atomic mass is 35.5. The van der Waals surface area contributed by atoms with Gasteiger partial charge in [-0.2, -0.15) is 0 Å². The van der Waals surface area contributed by atoms with Crippen LogP contribution in [0.2, 0.25) is 5.02 Å². The Morgan fingerprint density at radius 1 is 0.966 bits per heavy atom. The van der Waals surface area contributed by atoms with Gasteiger partial charge in [-0.15, -0.1) is 11.3 Å². The molecule has 1 aliphatic rings. The molecule has 0 saturated carbocycles. The second-order valence-corrected chi connectivity index (χ2v) is 8.43. The maximum absolute atomic E-state index is 6.11. The molecule has 7 heteroatoms. The van der Waals surface area contributed by atoms with Crippen molar-refractivity contribution < 1.29 is 0 Å². The van der Waals surface area contributed by atoms with Crippen LogP contribution in [0.3, 0.4) is 0 Å². The van der Waals surface area contributed by atoms with Crippen LogP contribution < -0.4 is 4.90 Å². The lowest BCUT2D eigenvalue weighted by Gasteiger charge is -2.35. The van der Waals surface area contributed by atoms with E-state index in [9.17, 15) is 0 Å². The number of thiazole rings is 1. The maximum Gasteiger partial charge on any atom is 0.139 e. The van der Waals surface area contributed by atoms with Crippen LogP contribution in [0.4, 0.5) is 5.82 Å². The number of halogens is 1. The molecule has 0 aliphatic carbocycles. The minimum atomic E-state index is 0.699. The normalized spacial score (nSPS) is 15.1. The fourth-order valence-electron chi connectivity index (χ4n) is 3.71. The molecule has 1 saturated heterocycles. The number of rotatable bonds is 4. The number of nitrogens with zero attached hydrogens (tertiary/aromatic N) is 5. The van der Waals surface area contributed by atoms with E-state index in [2.05, 4.69) is 49.4 Å². The Labute approximate surface area is 178 Å². The standard InChI is InChI=1S/C22H20ClN5S/c23-17-6-7-19-20(12-17)24-15-25-21(19)28-10-8-27(9-11-28)13-18-14-29-22(26-18)16-4-2-1-3-5-16/h1-7,12,14-15H,8-11,13H2. The first-order valence-corrected chi connectivity index (χ1v) is 10.9. The third kappa shape index (κ3) is 3.96. The number of benzene rings is 2. The predicted molar refractivity (Wildman–Crippen MR) is 120 cm³/mol. The predicted octanol–water partition coefficient (Wildman–Crippen LogP) is 4.73. The quantitative estimate of drug-likeness (QED) is 0.476. The van der Waals surface area contributed by atoms with E-state index >= 15 is 0 Å². The highest BCUT2D eigenvalue weighted by molar-refractivity contribution is 7.13. The van der Waals surface area contributed by atoms with E-state index in [0.717, 1.165) is 60.1 Å². The molecule has 2 aromatic heterocycles. The van der Waals surface area contributed by atoms with E-state index < -0.39 is 0 Å². The Bertz CT molecular complexity index is 1120. The summed E-state index contributed by atoms with van der Waals surface area (Å²) in [7, 11) is 0. The van der Waals surface area contributed by atoms with Crippen molar-refractivity contribution in [1.29, 1.82) is 0 Å². The molecule has 0 amide bonds. The van der Waals surface area contributed by atoms with Gasteiger partial charge in [-0.05, 0) is 18.2 Å². The van der Waals surface area contributed by atoms with E-state index in [1.165, 1.54) is 5.56 Å². The van der Waals surface area contributed by atoms with Gasteiger partial charge in [0.05, 0.1) is 11.2 Å². The first kappa shape index (κ1) is 18.5. The van der Waals surface area contributed by atoms with Crippen molar-refractivity contribution in [3.63, 3.8) is 0 Å².